The van der Waals surface area contributed by atoms with E-state index < -0.39 is 11.6 Å². The summed E-state index contributed by atoms with van der Waals surface area (Å²) < 4.78 is 26.1. The molecule has 0 amide bonds. The monoisotopic (exact) mass is 222 g/mol. The van der Waals surface area contributed by atoms with Crippen LogP contribution in [0, 0.1) is 23.0 Å². The van der Waals surface area contributed by atoms with Gasteiger partial charge in [0.05, 0.1) is 17.3 Å². The molecular formula is C12H12F2N2. The van der Waals surface area contributed by atoms with Crippen molar-refractivity contribution in [1.82, 2.24) is 0 Å². The molecule has 4 heteroatoms. The molecule has 0 heterocycles. The van der Waals surface area contributed by atoms with Crippen LogP contribution in [0.4, 0.5) is 8.78 Å². The number of allylic oxidation sites excluding steroid dienone is 1. The smallest absolute Gasteiger partial charge is 0.135 e. The summed E-state index contributed by atoms with van der Waals surface area (Å²) in [6.45, 7) is 1.89. The Morgan fingerprint density at radius 3 is 2.62 bits per heavy atom. The third-order valence-corrected chi connectivity index (χ3v) is 2.18. The highest BCUT2D eigenvalue weighted by molar-refractivity contribution is 5.69. The molecule has 0 aliphatic carbocycles. The highest BCUT2D eigenvalue weighted by Crippen LogP contribution is 2.20. The lowest BCUT2D eigenvalue weighted by atomic mass is 10.0. The fourth-order valence-corrected chi connectivity index (χ4v) is 1.37. The molecule has 0 saturated heterocycles. The lowest BCUT2D eigenvalue weighted by Gasteiger charge is -2.06. The number of nitriles is 1. The minimum atomic E-state index is -0.749. The average Bonchev–Trinajstić information content (AvgIpc) is 2.25. The molecule has 0 saturated carbocycles. The van der Waals surface area contributed by atoms with Crippen molar-refractivity contribution >= 4 is 5.70 Å². The molecule has 0 atom stereocenters. The molecule has 0 bridgehead atoms. The zero-order valence-corrected chi connectivity index (χ0v) is 8.93. The van der Waals surface area contributed by atoms with Crippen LogP contribution in [0.25, 0.3) is 5.70 Å². The van der Waals surface area contributed by atoms with E-state index >= 15 is 0 Å². The summed E-state index contributed by atoms with van der Waals surface area (Å²) in [7, 11) is 0. The molecule has 0 aliphatic rings. The Balaban J connectivity index is 3.22. The first-order valence-electron chi connectivity index (χ1n) is 4.94. The minimum absolute atomic E-state index is 0.0754. The van der Waals surface area contributed by atoms with Gasteiger partial charge in [0.25, 0.3) is 0 Å². The van der Waals surface area contributed by atoms with Crippen molar-refractivity contribution in [1.29, 1.82) is 5.26 Å². The van der Waals surface area contributed by atoms with E-state index in [2.05, 4.69) is 0 Å². The molecule has 0 radical (unpaired) electrons. The van der Waals surface area contributed by atoms with Crippen LogP contribution in [0.15, 0.2) is 23.8 Å². The lowest BCUT2D eigenvalue weighted by molar-refractivity contribution is 0.580. The van der Waals surface area contributed by atoms with Crippen molar-refractivity contribution in [2.45, 2.75) is 19.8 Å². The summed E-state index contributed by atoms with van der Waals surface area (Å²) in [5.74, 6) is -1.41. The number of nitrogens with zero attached hydrogens (tertiary/aromatic N) is 1. The molecule has 1 aromatic rings. The molecular weight excluding hydrogens is 210 g/mol. The van der Waals surface area contributed by atoms with E-state index in [0.717, 1.165) is 18.6 Å². The summed E-state index contributed by atoms with van der Waals surface area (Å²) >= 11 is 0. The Morgan fingerprint density at radius 2 is 2.12 bits per heavy atom. The quantitative estimate of drug-likeness (QED) is 0.799. The van der Waals surface area contributed by atoms with Gasteiger partial charge in [-0.05, 0) is 18.6 Å². The van der Waals surface area contributed by atoms with E-state index in [4.69, 9.17) is 11.0 Å². The summed E-state index contributed by atoms with van der Waals surface area (Å²) in [4.78, 5) is 0. The van der Waals surface area contributed by atoms with Gasteiger partial charge in [-0.15, -0.1) is 0 Å². The second-order valence-corrected chi connectivity index (χ2v) is 3.38. The zero-order valence-electron chi connectivity index (χ0n) is 8.93. The number of hydrogen-bond acceptors (Lipinski definition) is 2. The van der Waals surface area contributed by atoms with Crippen molar-refractivity contribution < 1.29 is 8.78 Å². The van der Waals surface area contributed by atoms with Crippen LogP contribution in [0.3, 0.4) is 0 Å². The maximum atomic E-state index is 13.4. The van der Waals surface area contributed by atoms with Crippen LogP contribution >= 0.6 is 0 Å². The number of nitrogens with two attached hydrogens (primary N) is 1. The Labute approximate surface area is 93.0 Å². The van der Waals surface area contributed by atoms with Gasteiger partial charge < -0.3 is 5.73 Å². The fourth-order valence-electron chi connectivity index (χ4n) is 1.37. The van der Waals surface area contributed by atoms with E-state index in [9.17, 15) is 8.78 Å². The van der Waals surface area contributed by atoms with Gasteiger partial charge in [-0.3, -0.25) is 0 Å². The highest BCUT2D eigenvalue weighted by atomic mass is 19.1. The molecule has 0 fully saturated rings. The Hall–Kier alpha value is -1.89. The van der Waals surface area contributed by atoms with Crippen LogP contribution in [0.2, 0.25) is 0 Å². The lowest BCUT2D eigenvalue weighted by Crippen LogP contribution is -2.03. The van der Waals surface area contributed by atoms with Gasteiger partial charge in [-0.25, -0.2) is 8.78 Å². The molecule has 84 valence electrons. The summed E-state index contributed by atoms with van der Waals surface area (Å²) in [5.41, 5.74) is 6.17. The second-order valence-electron chi connectivity index (χ2n) is 3.38. The molecule has 0 aliphatic heterocycles. The van der Waals surface area contributed by atoms with E-state index in [-0.39, 0.29) is 11.3 Å². The van der Waals surface area contributed by atoms with Gasteiger partial charge in [0, 0.05) is 11.6 Å². The van der Waals surface area contributed by atoms with Crippen LogP contribution in [0.1, 0.15) is 25.3 Å². The number of halogens is 2. The third kappa shape index (κ3) is 2.57. The molecule has 1 rings (SSSR count). The van der Waals surface area contributed by atoms with Gasteiger partial charge in [0.1, 0.15) is 11.6 Å². The topological polar surface area (TPSA) is 49.8 Å². The molecule has 2 nitrogen and oxygen atoms in total. The predicted molar refractivity (Wildman–Crippen MR) is 58.0 cm³/mol. The first-order valence-corrected chi connectivity index (χ1v) is 4.94. The Kier molecular flexibility index (Phi) is 4.01. The SMILES string of the molecule is CCC/C(C#N)=C(/N)c1ccc(F)cc1F. The summed E-state index contributed by atoms with van der Waals surface area (Å²) in [5, 5.41) is 8.85. The largest absolute Gasteiger partial charge is 0.397 e. The van der Waals surface area contributed by atoms with E-state index in [0.29, 0.717) is 12.0 Å². The van der Waals surface area contributed by atoms with Crippen LogP contribution in [-0.4, -0.2) is 0 Å². The van der Waals surface area contributed by atoms with Crippen molar-refractivity contribution in [3.8, 4) is 6.07 Å². The number of benzene rings is 1. The molecule has 16 heavy (non-hydrogen) atoms. The van der Waals surface area contributed by atoms with E-state index in [1.54, 1.807) is 0 Å². The fraction of sp³-hybridized carbons (Fsp3) is 0.250. The normalized spacial score (nSPS) is 11.9. The molecule has 0 unspecified atom stereocenters. The molecule has 2 N–H and O–H groups in total. The van der Waals surface area contributed by atoms with Crippen LogP contribution in [-0.2, 0) is 0 Å². The number of hydrogen-bond donors (Lipinski definition) is 1. The summed E-state index contributed by atoms with van der Waals surface area (Å²) in [6, 6.07) is 5.05. The van der Waals surface area contributed by atoms with Crippen molar-refractivity contribution in [2.75, 3.05) is 0 Å². The molecule has 0 spiro atoms. The molecule has 1 aromatic carbocycles. The molecule has 0 aromatic heterocycles. The predicted octanol–water partition coefficient (Wildman–Crippen LogP) is 2.96. The van der Waals surface area contributed by atoms with Crippen molar-refractivity contribution in [3.05, 3.63) is 41.0 Å². The zero-order chi connectivity index (χ0) is 12.1. The van der Waals surface area contributed by atoms with Gasteiger partial charge in [-0.1, -0.05) is 13.3 Å². The maximum absolute atomic E-state index is 13.4. The van der Waals surface area contributed by atoms with Crippen LogP contribution in [0.5, 0.6) is 0 Å². The second kappa shape index (κ2) is 5.26. The summed E-state index contributed by atoms with van der Waals surface area (Å²) in [6.07, 6.45) is 1.23. The van der Waals surface area contributed by atoms with E-state index in [1.807, 2.05) is 13.0 Å². The average molecular weight is 222 g/mol. The number of rotatable bonds is 3. The van der Waals surface area contributed by atoms with Gasteiger partial charge in [-0.2, -0.15) is 5.26 Å². The van der Waals surface area contributed by atoms with Gasteiger partial charge >= 0.3 is 0 Å². The maximum Gasteiger partial charge on any atom is 0.135 e. The van der Waals surface area contributed by atoms with Crippen LogP contribution < -0.4 is 5.73 Å². The van der Waals surface area contributed by atoms with E-state index in [1.165, 1.54) is 6.07 Å². The highest BCUT2D eigenvalue weighted by Gasteiger charge is 2.10. The first-order chi connectivity index (χ1) is 7.60. The standard InChI is InChI=1S/C12H12F2N2/c1-2-3-8(7-15)12(16)10-5-4-9(13)6-11(10)14/h4-6H,2-3,16H2,1H3/b12-8-. The van der Waals surface area contributed by atoms with Gasteiger partial charge in [0.15, 0.2) is 0 Å². The Morgan fingerprint density at radius 1 is 1.44 bits per heavy atom. The first kappa shape index (κ1) is 12.2. The third-order valence-electron chi connectivity index (χ3n) is 2.18. The van der Waals surface area contributed by atoms with Crippen molar-refractivity contribution in [2.24, 2.45) is 5.73 Å². The Bertz CT molecular complexity index is 459. The van der Waals surface area contributed by atoms with Crippen molar-refractivity contribution in [3.63, 3.8) is 0 Å². The minimum Gasteiger partial charge on any atom is -0.397 e. The van der Waals surface area contributed by atoms with Gasteiger partial charge in [0.2, 0.25) is 0 Å².